The van der Waals surface area contributed by atoms with Gasteiger partial charge in [0.25, 0.3) is 0 Å². The van der Waals surface area contributed by atoms with E-state index in [1.54, 1.807) is 0 Å². The van der Waals surface area contributed by atoms with Crippen LogP contribution in [0.3, 0.4) is 0 Å². The second-order valence-electron chi connectivity index (χ2n) is 10.6. The summed E-state index contributed by atoms with van der Waals surface area (Å²) in [5.41, 5.74) is 0. The highest BCUT2D eigenvalue weighted by atomic mass is 16.5. The van der Waals surface area contributed by atoms with Crippen molar-refractivity contribution in [1.29, 1.82) is 0 Å². The normalized spacial score (nSPS) is 18.4. The highest BCUT2D eigenvalue weighted by Gasteiger charge is 2.37. The third-order valence-electron chi connectivity index (χ3n) is 7.12. The summed E-state index contributed by atoms with van der Waals surface area (Å²) in [7, 11) is 4.16. The molecule has 202 valence electrons. The van der Waals surface area contributed by atoms with E-state index in [0.29, 0.717) is 31.6 Å². The van der Waals surface area contributed by atoms with Crippen molar-refractivity contribution in [2.75, 3.05) is 47.1 Å². The van der Waals surface area contributed by atoms with Crippen molar-refractivity contribution in [3.63, 3.8) is 0 Å². The molecule has 0 aromatic rings. The Balaban J connectivity index is 1.90. The predicted molar refractivity (Wildman–Crippen MR) is 142 cm³/mol. The zero-order valence-corrected chi connectivity index (χ0v) is 23.2. The van der Waals surface area contributed by atoms with E-state index >= 15 is 0 Å². The maximum absolute atomic E-state index is 12.0. The van der Waals surface area contributed by atoms with Gasteiger partial charge >= 0.3 is 5.97 Å². The van der Waals surface area contributed by atoms with Crippen LogP contribution in [0.1, 0.15) is 117 Å². The number of hydrogen-bond acceptors (Lipinski definition) is 5. The molecule has 1 fully saturated rings. The van der Waals surface area contributed by atoms with Gasteiger partial charge < -0.3 is 19.1 Å². The van der Waals surface area contributed by atoms with E-state index < -0.39 is 0 Å². The Bertz CT molecular complexity index is 471. The van der Waals surface area contributed by atoms with Gasteiger partial charge in [-0.1, -0.05) is 84.5 Å². The van der Waals surface area contributed by atoms with Crippen molar-refractivity contribution < 1.29 is 19.0 Å². The summed E-state index contributed by atoms with van der Waals surface area (Å²) in [6.45, 7) is 8.17. The molecular weight excluding hydrogens is 426 g/mol. The van der Waals surface area contributed by atoms with Crippen LogP contribution in [-0.4, -0.2) is 64.0 Å². The number of nitrogens with zero attached hydrogens (tertiary/aromatic N) is 1. The van der Waals surface area contributed by atoms with E-state index in [4.69, 9.17) is 14.2 Å². The molecule has 0 aromatic heterocycles. The van der Waals surface area contributed by atoms with Crippen LogP contribution in [-0.2, 0) is 19.0 Å². The third kappa shape index (κ3) is 17.7. The molecule has 1 saturated carbocycles. The number of esters is 1. The maximum Gasteiger partial charge on any atom is 0.305 e. The average molecular weight is 484 g/mol. The molecular formula is C29H57NO4. The Morgan fingerprint density at radius 1 is 0.765 bits per heavy atom. The van der Waals surface area contributed by atoms with Gasteiger partial charge in [0.15, 0.2) is 0 Å². The fourth-order valence-corrected chi connectivity index (χ4v) is 4.39. The van der Waals surface area contributed by atoms with Crippen LogP contribution >= 0.6 is 0 Å². The van der Waals surface area contributed by atoms with E-state index in [-0.39, 0.29) is 5.97 Å². The van der Waals surface area contributed by atoms with E-state index in [1.807, 2.05) is 0 Å². The number of hydrogen-bond donors (Lipinski definition) is 0. The van der Waals surface area contributed by atoms with Gasteiger partial charge in [-0.15, -0.1) is 0 Å². The summed E-state index contributed by atoms with van der Waals surface area (Å²) in [5.74, 6) is 1.43. The summed E-state index contributed by atoms with van der Waals surface area (Å²) >= 11 is 0. The third-order valence-corrected chi connectivity index (χ3v) is 7.12. The van der Waals surface area contributed by atoms with Crippen molar-refractivity contribution in [2.24, 2.45) is 11.8 Å². The Labute approximate surface area is 211 Å². The number of ether oxygens (including phenoxy) is 3. The molecule has 1 aliphatic rings. The van der Waals surface area contributed by atoms with Crippen LogP contribution in [0.4, 0.5) is 0 Å². The molecule has 0 radical (unpaired) electrons. The van der Waals surface area contributed by atoms with Crippen LogP contribution in [0.2, 0.25) is 0 Å². The lowest BCUT2D eigenvalue weighted by atomic mass is 10.1. The first-order chi connectivity index (χ1) is 16.6. The van der Waals surface area contributed by atoms with Crippen LogP contribution in [0.25, 0.3) is 0 Å². The van der Waals surface area contributed by atoms with E-state index in [1.165, 1.54) is 70.6 Å². The quantitative estimate of drug-likeness (QED) is 0.103. The minimum atomic E-state index is -0.0186. The lowest BCUT2D eigenvalue weighted by Crippen LogP contribution is -2.37. The smallest absolute Gasteiger partial charge is 0.305 e. The van der Waals surface area contributed by atoms with Gasteiger partial charge in [0.1, 0.15) is 0 Å². The SMILES string of the molecule is CCCCCCCCC1CC1COC(=O)CCCCCOCC(COCCCCCC)N(C)C. The maximum atomic E-state index is 12.0. The molecule has 5 nitrogen and oxygen atoms in total. The summed E-state index contributed by atoms with van der Waals surface area (Å²) in [5, 5.41) is 0. The Morgan fingerprint density at radius 3 is 1.94 bits per heavy atom. The molecule has 1 aliphatic carbocycles. The van der Waals surface area contributed by atoms with Crippen LogP contribution in [0.5, 0.6) is 0 Å². The summed E-state index contributed by atoms with van der Waals surface area (Å²) < 4.78 is 17.2. The molecule has 34 heavy (non-hydrogen) atoms. The fourth-order valence-electron chi connectivity index (χ4n) is 4.39. The van der Waals surface area contributed by atoms with Gasteiger partial charge in [-0.05, 0) is 51.6 Å². The van der Waals surface area contributed by atoms with Crippen LogP contribution in [0.15, 0.2) is 0 Å². The monoisotopic (exact) mass is 483 g/mol. The van der Waals surface area contributed by atoms with Crippen molar-refractivity contribution in [1.82, 2.24) is 4.90 Å². The molecule has 5 heteroatoms. The van der Waals surface area contributed by atoms with Gasteiger partial charge in [-0.2, -0.15) is 0 Å². The molecule has 0 N–H and O–H groups in total. The van der Waals surface area contributed by atoms with Gasteiger partial charge in [0.2, 0.25) is 0 Å². The van der Waals surface area contributed by atoms with E-state index in [2.05, 4.69) is 32.8 Å². The van der Waals surface area contributed by atoms with Crippen molar-refractivity contribution in [3.8, 4) is 0 Å². The molecule has 1 rings (SSSR count). The predicted octanol–water partition coefficient (Wildman–Crippen LogP) is 7.02. The summed E-state index contributed by atoms with van der Waals surface area (Å²) in [4.78, 5) is 14.2. The van der Waals surface area contributed by atoms with Crippen LogP contribution in [0, 0.1) is 11.8 Å². The molecule has 0 bridgehead atoms. The molecule has 0 heterocycles. The first kappa shape index (κ1) is 31.4. The van der Waals surface area contributed by atoms with Gasteiger partial charge in [0.05, 0.1) is 25.9 Å². The lowest BCUT2D eigenvalue weighted by Gasteiger charge is -2.24. The van der Waals surface area contributed by atoms with Crippen molar-refractivity contribution in [3.05, 3.63) is 0 Å². The van der Waals surface area contributed by atoms with Gasteiger partial charge in [-0.3, -0.25) is 4.79 Å². The largest absolute Gasteiger partial charge is 0.465 e. The first-order valence-electron chi connectivity index (χ1n) is 14.6. The fraction of sp³-hybridized carbons (Fsp3) is 0.966. The van der Waals surface area contributed by atoms with Crippen molar-refractivity contribution >= 4 is 5.97 Å². The minimum absolute atomic E-state index is 0.0186. The highest BCUT2D eigenvalue weighted by Crippen LogP contribution is 2.42. The average Bonchev–Trinajstić information content (AvgIpc) is 3.58. The zero-order chi connectivity index (χ0) is 24.9. The van der Waals surface area contributed by atoms with Crippen molar-refractivity contribution in [2.45, 2.75) is 123 Å². The van der Waals surface area contributed by atoms with Crippen LogP contribution < -0.4 is 0 Å². The van der Waals surface area contributed by atoms with Gasteiger partial charge in [0, 0.05) is 19.6 Å². The number of unbranched alkanes of at least 4 members (excludes halogenated alkanes) is 10. The molecule has 3 unspecified atom stereocenters. The Kier molecular flexibility index (Phi) is 20.0. The Morgan fingerprint density at radius 2 is 1.32 bits per heavy atom. The number of rotatable bonds is 25. The lowest BCUT2D eigenvalue weighted by molar-refractivity contribution is -0.144. The number of carbonyl (C=O) groups excluding carboxylic acids is 1. The molecule has 0 spiro atoms. The zero-order valence-electron chi connectivity index (χ0n) is 23.2. The topological polar surface area (TPSA) is 48.0 Å². The molecule has 0 amide bonds. The van der Waals surface area contributed by atoms with E-state index in [9.17, 15) is 4.79 Å². The molecule has 0 aliphatic heterocycles. The second kappa shape index (κ2) is 21.6. The standard InChI is InChI=1S/C29H57NO4/c1-5-7-9-11-12-14-18-26-22-27(26)23-34-29(31)19-15-13-17-21-33-25-28(30(3)4)24-32-20-16-10-8-6-2/h26-28H,5-25H2,1-4H3. The highest BCUT2D eigenvalue weighted by molar-refractivity contribution is 5.69. The molecule has 0 saturated heterocycles. The number of likely N-dealkylation sites (N-methyl/N-ethyl adjacent to an activating group) is 1. The Hall–Kier alpha value is -0.650. The number of carbonyl (C=O) groups is 1. The van der Waals surface area contributed by atoms with Gasteiger partial charge in [-0.25, -0.2) is 0 Å². The second-order valence-corrected chi connectivity index (χ2v) is 10.6. The molecule has 3 atom stereocenters. The summed E-state index contributed by atoms with van der Waals surface area (Å²) in [6.07, 6.45) is 19.2. The summed E-state index contributed by atoms with van der Waals surface area (Å²) in [6, 6.07) is 0.300. The molecule has 0 aromatic carbocycles. The van der Waals surface area contributed by atoms with E-state index in [0.717, 1.165) is 51.4 Å². The first-order valence-corrected chi connectivity index (χ1v) is 14.6. The minimum Gasteiger partial charge on any atom is -0.465 e.